The third kappa shape index (κ3) is 8.69. The van der Waals surface area contributed by atoms with Crippen LogP contribution in [0.15, 0.2) is 202 Å². The molecule has 8 rings (SSSR count). The lowest BCUT2D eigenvalue weighted by molar-refractivity contribution is 1.04. The monoisotopic (exact) mass is 783 g/mol. The Kier molecular flexibility index (Phi) is 12.3. The predicted molar refractivity (Wildman–Crippen MR) is 258 cm³/mol. The van der Waals surface area contributed by atoms with Gasteiger partial charge in [-0.3, -0.25) is 14.6 Å². The Balaban J connectivity index is 1.30. The molecule has 1 aliphatic rings. The summed E-state index contributed by atoms with van der Waals surface area (Å²) in [6, 6.07) is 47.8. The van der Waals surface area contributed by atoms with Crippen LogP contribution in [0.25, 0.3) is 49.4 Å². The molecule has 0 radical (unpaired) electrons. The van der Waals surface area contributed by atoms with Crippen molar-refractivity contribution in [2.45, 2.75) is 51.5 Å². The van der Waals surface area contributed by atoms with Crippen molar-refractivity contribution in [3.05, 3.63) is 215 Å². The van der Waals surface area contributed by atoms with Crippen molar-refractivity contribution in [1.29, 1.82) is 0 Å². The molecule has 4 heteroatoms. The van der Waals surface area contributed by atoms with E-state index < -0.39 is 0 Å². The van der Waals surface area contributed by atoms with E-state index in [4.69, 9.17) is 4.99 Å². The van der Waals surface area contributed by atoms with Crippen molar-refractivity contribution in [3.8, 4) is 0 Å². The molecular formula is C55H49N3S. The zero-order valence-corrected chi connectivity index (χ0v) is 34.9. The highest BCUT2D eigenvalue weighted by atomic mass is 32.2. The molecule has 59 heavy (non-hydrogen) atoms. The fourth-order valence-corrected chi connectivity index (χ4v) is 8.70. The van der Waals surface area contributed by atoms with E-state index in [9.17, 15) is 0 Å². The Bertz CT molecular complexity index is 2880. The van der Waals surface area contributed by atoms with Crippen LogP contribution in [-0.2, 0) is 6.54 Å². The number of aliphatic imine (C=N–C) groups is 2. The van der Waals surface area contributed by atoms with Crippen LogP contribution in [0.3, 0.4) is 0 Å². The first-order valence-electron chi connectivity index (χ1n) is 20.6. The number of aromatic nitrogens is 1. The van der Waals surface area contributed by atoms with Gasteiger partial charge in [0.25, 0.3) is 0 Å². The Morgan fingerprint density at radius 3 is 2.34 bits per heavy atom. The summed E-state index contributed by atoms with van der Waals surface area (Å²) in [6.45, 7) is 11.2. The summed E-state index contributed by atoms with van der Waals surface area (Å²) in [5, 5.41) is 4.83. The summed E-state index contributed by atoms with van der Waals surface area (Å²) in [7, 11) is 0. The number of hydrogen-bond donors (Lipinski definition) is 0. The van der Waals surface area contributed by atoms with Gasteiger partial charge in [-0.2, -0.15) is 0 Å². The first-order chi connectivity index (χ1) is 29.0. The van der Waals surface area contributed by atoms with E-state index in [2.05, 4.69) is 201 Å². The van der Waals surface area contributed by atoms with E-state index in [0.717, 1.165) is 53.0 Å². The quantitative estimate of drug-likeness (QED) is 0.0525. The van der Waals surface area contributed by atoms with Crippen LogP contribution < -0.4 is 0 Å². The van der Waals surface area contributed by atoms with Crippen LogP contribution in [0.1, 0.15) is 60.9 Å². The van der Waals surface area contributed by atoms with Crippen LogP contribution in [0, 0.1) is 6.92 Å². The Morgan fingerprint density at radius 1 is 0.746 bits per heavy atom. The fraction of sp³-hybridized carbons (Fsp3) is 0.127. The van der Waals surface area contributed by atoms with Crippen molar-refractivity contribution in [1.82, 2.24) is 4.57 Å². The Morgan fingerprint density at radius 2 is 1.54 bits per heavy atom. The molecule has 0 bridgehead atoms. The fourth-order valence-electron chi connectivity index (χ4n) is 7.76. The molecule has 0 saturated carbocycles. The van der Waals surface area contributed by atoms with Crippen LogP contribution in [0.5, 0.6) is 0 Å². The molecule has 1 aliphatic carbocycles. The van der Waals surface area contributed by atoms with Gasteiger partial charge in [-0.25, -0.2) is 0 Å². The number of rotatable bonds is 12. The molecule has 0 unspecified atom stereocenters. The number of benzene rings is 6. The smallest absolute Gasteiger partial charge is 0.135 e. The summed E-state index contributed by atoms with van der Waals surface area (Å²) >= 11 is 1.86. The van der Waals surface area contributed by atoms with Crippen molar-refractivity contribution in [3.63, 3.8) is 0 Å². The second-order valence-corrected chi connectivity index (χ2v) is 15.9. The predicted octanol–water partition coefficient (Wildman–Crippen LogP) is 15.2. The van der Waals surface area contributed by atoms with E-state index in [0.29, 0.717) is 6.54 Å². The van der Waals surface area contributed by atoms with Gasteiger partial charge in [-0.15, -0.1) is 0 Å². The zero-order chi connectivity index (χ0) is 40.6. The number of allylic oxidation sites excluding steroid dienone is 11. The number of aryl methyl sites for hydroxylation is 1. The molecule has 0 aliphatic heterocycles. The van der Waals surface area contributed by atoms with E-state index in [1.54, 1.807) is 0 Å². The van der Waals surface area contributed by atoms with Gasteiger partial charge in [0.05, 0.1) is 23.3 Å². The zero-order valence-electron chi connectivity index (χ0n) is 34.1. The normalized spacial score (nSPS) is 14.0. The summed E-state index contributed by atoms with van der Waals surface area (Å²) in [6.07, 6.45) is 20.4. The standard InChI is InChI=1S/C55H49N3S/c1-5-41(30-33-47(6-2)59-53-25-17-14-18-39(53)3)46-31-34-49-52(36-46)58(51-35-32-44-21-15-16-24-48(44)55(49)51)54(37-50(56-4)45-22-12-9-13-23-45)57-38-40-26-28-43(29-27-40)42-19-10-7-8-11-20-42/h7,9-37H,4-6,8,38H2,1-3H3/b41-30+,47-33+,50-37-,57-54?. The number of nitrogens with zero attached hydrogens (tertiary/aromatic N) is 3. The molecule has 7 aromatic rings. The maximum atomic E-state index is 5.45. The third-order valence-corrected chi connectivity index (χ3v) is 12.4. The maximum Gasteiger partial charge on any atom is 0.135 e. The lowest BCUT2D eigenvalue weighted by atomic mass is 9.99. The number of fused-ring (bicyclic) bond motifs is 5. The van der Waals surface area contributed by atoms with Crippen LogP contribution in [0.4, 0.5) is 0 Å². The Labute approximate surface area is 353 Å². The van der Waals surface area contributed by atoms with Crippen molar-refractivity contribution < 1.29 is 0 Å². The highest BCUT2D eigenvalue weighted by molar-refractivity contribution is 8.03. The SMILES string of the molecule is C=N/C(=C\C(=NCc1ccc(C2=CC=CCC=C2)cc1)n1c2cc(/C(=C/C=C(\CC)Sc3ccccc3C)CC)ccc2c2c3ccccc3ccc21)c1ccccc1. The third-order valence-electron chi connectivity index (χ3n) is 11.0. The van der Waals surface area contributed by atoms with Crippen molar-refractivity contribution >= 4 is 73.7 Å². The molecular weight excluding hydrogens is 735 g/mol. The molecule has 0 fully saturated rings. The highest BCUT2D eigenvalue weighted by Crippen LogP contribution is 2.38. The molecule has 0 spiro atoms. The van der Waals surface area contributed by atoms with Crippen LogP contribution in [0.2, 0.25) is 0 Å². The lowest BCUT2D eigenvalue weighted by Crippen LogP contribution is -2.10. The van der Waals surface area contributed by atoms with E-state index in [-0.39, 0.29) is 0 Å². The molecule has 0 saturated heterocycles. The van der Waals surface area contributed by atoms with Gasteiger partial charge < -0.3 is 0 Å². The lowest BCUT2D eigenvalue weighted by Gasteiger charge is -2.12. The molecule has 1 heterocycles. The largest absolute Gasteiger partial charge is 0.294 e. The van der Waals surface area contributed by atoms with Gasteiger partial charge >= 0.3 is 0 Å². The highest BCUT2D eigenvalue weighted by Gasteiger charge is 2.18. The maximum absolute atomic E-state index is 5.45. The first-order valence-corrected chi connectivity index (χ1v) is 21.4. The van der Waals surface area contributed by atoms with E-state index >= 15 is 0 Å². The summed E-state index contributed by atoms with van der Waals surface area (Å²) in [5.41, 5.74) is 11.3. The minimum atomic E-state index is 0.498. The molecule has 290 valence electrons. The minimum absolute atomic E-state index is 0.498. The molecule has 3 nitrogen and oxygen atoms in total. The summed E-state index contributed by atoms with van der Waals surface area (Å²) < 4.78 is 2.34. The van der Waals surface area contributed by atoms with E-state index in [1.165, 1.54) is 59.2 Å². The minimum Gasteiger partial charge on any atom is -0.294 e. The summed E-state index contributed by atoms with van der Waals surface area (Å²) in [5.74, 6) is 0.803. The summed E-state index contributed by atoms with van der Waals surface area (Å²) in [4.78, 5) is 12.7. The van der Waals surface area contributed by atoms with Crippen LogP contribution in [-0.4, -0.2) is 17.1 Å². The topological polar surface area (TPSA) is 29.6 Å². The van der Waals surface area contributed by atoms with Gasteiger partial charge in [0.2, 0.25) is 0 Å². The molecule has 6 aromatic carbocycles. The van der Waals surface area contributed by atoms with Crippen LogP contribution >= 0.6 is 11.8 Å². The van der Waals surface area contributed by atoms with Crippen molar-refractivity contribution in [2.24, 2.45) is 9.98 Å². The average molecular weight is 784 g/mol. The van der Waals surface area contributed by atoms with Gasteiger partial charge in [-0.1, -0.05) is 183 Å². The second kappa shape index (κ2) is 18.4. The molecule has 0 amide bonds. The molecule has 0 atom stereocenters. The number of hydrogen-bond acceptors (Lipinski definition) is 3. The van der Waals surface area contributed by atoms with Gasteiger partial charge in [0.1, 0.15) is 5.84 Å². The van der Waals surface area contributed by atoms with Gasteiger partial charge in [0.15, 0.2) is 0 Å². The van der Waals surface area contributed by atoms with Gasteiger partial charge in [0, 0.05) is 27.3 Å². The molecule has 0 N–H and O–H groups in total. The van der Waals surface area contributed by atoms with Gasteiger partial charge in [-0.05, 0) is 100 Å². The second-order valence-electron chi connectivity index (χ2n) is 14.8. The first kappa shape index (κ1) is 39.3. The average Bonchev–Trinajstić information content (AvgIpc) is 3.39. The molecule has 1 aromatic heterocycles. The van der Waals surface area contributed by atoms with Crippen molar-refractivity contribution in [2.75, 3.05) is 0 Å². The van der Waals surface area contributed by atoms with E-state index in [1.807, 2.05) is 30.0 Å². The Hall–Kier alpha value is -6.49. The number of thioether (sulfide) groups is 1.